The van der Waals surface area contributed by atoms with E-state index in [2.05, 4.69) is 13.8 Å². The molecule has 0 radical (unpaired) electrons. The van der Waals surface area contributed by atoms with E-state index < -0.39 is 5.97 Å². The first-order valence-electron chi connectivity index (χ1n) is 11.8. The smallest absolute Gasteiger partial charge is 0.306 e. The average molecular weight is 444 g/mol. The molecule has 0 aliphatic carbocycles. The van der Waals surface area contributed by atoms with E-state index in [1.54, 1.807) is 11.8 Å². The van der Waals surface area contributed by atoms with Crippen molar-refractivity contribution in [1.29, 1.82) is 0 Å². The van der Waals surface area contributed by atoms with Crippen LogP contribution in [0.2, 0.25) is 0 Å². The summed E-state index contributed by atoms with van der Waals surface area (Å²) in [7, 11) is 0. The first-order valence-corrected chi connectivity index (χ1v) is 12.8. The van der Waals surface area contributed by atoms with Gasteiger partial charge in [0.25, 0.3) is 0 Å². The third-order valence-corrected chi connectivity index (χ3v) is 6.79. The second-order valence-corrected chi connectivity index (χ2v) is 9.37. The molecule has 2 unspecified atom stereocenters. The Labute approximate surface area is 186 Å². The number of rotatable bonds is 18. The Morgan fingerprint density at radius 1 is 1.03 bits per heavy atom. The SMILES string of the molecule is CCCCCC(CCC1SCC(=O)N1CCCCCCC(=O)O)OC(=O)CCCC. The van der Waals surface area contributed by atoms with Gasteiger partial charge in [-0.1, -0.05) is 46.0 Å². The predicted molar refractivity (Wildman–Crippen MR) is 121 cm³/mol. The van der Waals surface area contributed by atoms with Gasteiger partial charge in [0.1, 0.15) is 6.10 Å². The molecule has 0 aromatic heterocycles. The molecule has 1 aliphatic rings. The van der Waals surface area contributed by atoms with Crippen LogP contribution in [0.15, 0.2) is 0 Å². The molecule has 174 valence electrons. The Balaban J connectivity index is 2.42. The van der Waals surface area contributed by atoms with E-state index >= 15 is 0 Å². The summed E-state index contributed by atoms with van der Waals surface area (Å²) < 4.78 is 5.77. The fourth-order valence-electron chi connectivity index (χ4n) is 3.70. The number of thioether (sulfide) groups is 1. The van der Waals surface area contributed by atoms with Crippen molar-refractivity contribution in [2.75, 3.05) is 12.3 Å². The highest BCUT2D eigenvalue weighted by Gasteiger charge is 2.31. The summed E-state index contributed by atoms with van der Waals surface area (Å²) in [6.07, 6.45) is 11.9. The number of esters is 1. The number of amides is 1. The first kappa shape index (κ1) is 26.8. The number of ether oxygens (including phenoxy) is 1. The summed E-state index contributed by atoms with van der Waals surface area (Å²) in [4.78, 5) is 36.9. The standard InChI is InChI=1S/C23H41NO5S/c1-3-5-9-12-19(29-23(28)14-6-4-2)15-16-21-24(20(25)18-30-21)17-11-8-7-10-13-22(26)27/h19,21H,3-18H2,1-2H3,(H,26,27). The topological polar surface area (TPSA) is 83.9 Å². The molecule has 0 aromatic carbocycles. The van der Waals surface area contributed by atoms with Crippen LogP contribution in [0.25, 0.3) is 0 Å². The number of carbonyl (C=O) groups is 3. The maximum absolute atomic E-state index is 12.3. The fraction of sp³-hybridized carbons (Fsp3) is 0.870. The molecule has 6 nitrogen and oxygen atoms in total. The molecule has 1 N–H and O–H groups in total. The van der Waals surface area contributed by atoms with Crippen molar-refractivity contribution >= 4 is 29.6 Å². The molecule has 30 heavy (non-hydrogen) atoms. The van der Waals surface area contributed by atoms with Gasteiger partial charge in [-0.25, -0.2) is 0 Å². The molecule has 0 aromatic rings. The van der Waals surface area contributed by atoms with E-state index in [1.165, 1.54) is 0 Å². The minimum Gasteiger partial charge on any atom is -0.481 e. The van der Waals surface area contributed by atoms with Crippen LogP contribution in [0.4, 0.5) is 0 Å². The maximum Gasteiger partial charge on any atom is 0.306 e. The van der Waals surface area contributed by atoms with Crippen LogP contribution in [-0.2, 0) is 19.1 Å². The number of carboxylic acid groups (broad SMARTS) is 1. The largest absolute Gasteiger partial charge is 0.481 e. The van der Waals surface area contributed by atoms with Crippen LogP contribution >= 0.6 is 11.8 Å². The Kier molecular flexibility index (Phi) is 14.7. The van der Waals surface area contributed by atoms with Crippen molar-refractivity contribution in [3.63, 3.8) is 0 Å². The van der Waals surface area contributed by atoms with Crippen molar-refractivity contribution in [1.82, 2.24) is 4.90 Å². The molecule has 2 atom stereocenters. The monoisotopic (exact) mass is 443 g/mol. The summed E-state index contributed by atoms with van der Waals surface area (Å²) >= 11 is 1.69. The fourth-order valence-corrected chi connectivity index (χ4v) is 4.91. The van der Waals surface area contributed by atoms with E-state index in [1.807, 2.05) is 4.90 Å². The zero-order valence-corrected chi connectivity index (χ0v) is 19.7. The zero-order valence-electron chi connectivity index (χ0n) is 18.9. The van der Waals surface area contributed by atoms with E-state index in [0.717, 1.165) is 77.2 Å². The predicted octanol–water partition coefficient (Wildman–Crippen LogP) is 5.39. The number of nitrogens with zero attached hydrogens (tertiary/aromatic N) is 1. The minimum absolute atomic E-state index is 0.0462. The summed E-state index contributed by atoms with van der Waals surface area (Å²) in [5, 5.41) is 8.86. The van der Waals surface area contributed by atoms with Gasteiger partial charge in [-0.3, -0.25) is 14.4 Å². The van der Waals surface area contributed by atoms with Crippen LogP contribution < -0.4 is 0 Å². The number of hydrogen-bond donors (Lipinski definition) is 1. The van der Waals surface area contributed by atoms with Gasteiger partial charge >= 0.3 is 11.9 Å². The van der Waals surface area contributed by atoms with Crippen LogP contribution in [0.5, 0.6) is 0 Å². The van der Waals surface area contributed by atoms with Crippen molar-refractivity contribution in [2.45, 2.75) is 115 Å². The van der Waals surface area contributed by atoms with Crippen molar-refractivity contribution < 1.29 is 24.2 Å². The van der Waals surface area contributed by atoms with E-state index in [9.17, 15) is 14.4 Å². The van der Waals surface area contributed by atoms with Gasteiger partial charge in [0.2, 0.25) is 5.91 Å². The van der Waals surface area contributed by atoms with Gasteiger partial charge in [0.15, 0.2) is 0 Å². The molecule has 0 spiro atoms. The number of carbonyl (C=O) groups excluding carboxylic acids is 2. The average Bonchev–Trinajstić information content (AvgIpc) is 3.06. The molecule has 0 saturated carbocycles. The highest BCUT2D eigenvalue weighted by Crippen LogP contribution is 2.30. The Morgan fingerprint density at radius 3 is 2.47 bits per heavy atom. The van der Waals surface area contributed by atoms with Crippen molar-refractivity contribution in [3.8, 4) is 0 Å². The molecule has 0 bridgehead atoms. The normalized spacial score (nSPS) is 17.3. The number of aliphatic carboxylic acids is 1. The lowest BCUT2D eigenvalue weighted by Crippen LogP contribution is -2.34. The lowest BCUT2D eigenvalue weighted by atomic mass is 10.1. The molecular weight excluding hydrogens is 402 g/mol. The third kappa shape index (κ3) is 11.8. The second kappa shape index (κ2) is 16.5. The van der Waals surface area contributed by atoms with E-state index in [0.29, 0.717) is 18.6 Å². The van der Waals surface area contributed by atoms with Gasteiger partial charge in [-0.2, -0.15) is 0 Å². The molecular formula is C23H41NO5S. The lowest BCUT2D eigenvalue weighted by Gasteiger charge is -2.26. The Bertz CT molecular complexity index is 514. The maximum atomic E-state index is 12.3. The number of carboxylic acids is 1. The number of unbranched alkanes of at least 4 members (excludes halogenated alkanes) is 6. The Morgan fingerprint density at radius 2 is 1.77 bits per heavy atom. The number of hydrogen-bond acceptors (Lipinski definition) is 5. The van der Waals surface area contributed by atoms with Crippen LogP contribution in [0.1, 0.15) is 104 Å². The van der Waals surface area contributed by atoms with Crippen LogP contribution in [-0.4, -0.2) is 51.6 Å². The van der Waals surface area contributed by atoms with Crippen LogP contribution in [0, 0.1) is 0 Å². The van der Waals surface area contributed by atoms with E-state index in [-0.39, 0.29) is 29.8 Å². The molecule has 1 fully saturated rings. The summed E-state index contributed by atoms with van der Waals surface area (Å²) in [5.41, 5.74) is 0. The molecule has 7 heteroatoms. The van der Waals surface area contributed by atoms with Gasteiger partial charge in [0.05, 0.1) is 11.1 Å². The zero-order chi connectivity index (χ0) is 22.2. The summed E-state index contributed by atoms with van der Waals surface area (Å²) in [6.45, 7) is 4.98. The van der Waals surface area contributed by atoms with Gasteiger partial charge < -0.3 is 14.7 Å². The quantitative estimate of drug-likeness (QED) is 0.226. The molecule has 1 heterocycles. The molecule has 1 amide bonds. The second-order valence-electron chi connectivity index (χ2n) is 8.20. The first-order chi connectivity index (χ1) is 14.5. The van der Waals surface area contributed by atoms with Crippen molar-refractivity contribution in [3.05, 3.63) is 0 Å². The highest BCUT2D eigenvalue weighted by atomic mass is 32.2. The van der Waals surface area contributed by atoms with Crippen LogP contribution in [0.3, 0.4) is 0 Å². The lowest BCUT2D eigenvalue weighted by molar-refractivity contribution is -0.150. The third-order valence-electron chi connectivity index (χ3n) is 5.50. The summed E-state index contributed by atoms with van der Waals surface area (Å²) in [6, 6.07) is 0. The van der Waals surface area contributed by atoms with Gasteiger partial charge in [-0.05, 0) is 44.9 Å². The molecule has 1 rings (SSSR count). The molecule has 1 saturated heterocycles. The highest BCUT2D eigenvalue weighted by molar-refractivity contribution is 8.00. The van der Waals surface area contributed by atoms with Gasteiger partial charge in [-0.15, -0.1) is 11.8 Å². The molecule has 1 aliphatic heterocycles. The summed E-state index contributed by atoms with van der Waals surface area (Å²) in [5.74, 6) is -0.115. The van der Waals surface area contributed by atoms with E-state index in [4.69, 9.17) is 9.84 Å². The van der Waals surface area contributed by atoms with Crippen molar-refractivity contribution in [2.24, 2.45) is 0 Å². The Hall–Kier alpha value is -1.24. The minimum atomic E-state index is -0.745. The van der Waals surface area contributed by atoms with Gasteiger partial charge in [0, 0.05) is 19.4 Å².